The number of ether oxygens (including phenoxy) is 1. The van der Waals surface area contributed by atoms with Gasteiger partial charge in [0, 0.05) is 18.8 Å². The maximum Gasteiger partial charge on any atom is 0.110 e. The van der Waals surface area contributed by atoms with Crippen LogP contribution in [-0.2, 0) is 23.5 Å². The highest BCUT2D eigenvalue weighted by molar-refractivity contribution is 5.13. The second-order valence-electron chi connectivity index (χ2n) is 6.92. The van der Waals surface area contributed by atoms with Crippen molar-refractivity contribution >= 4 is 0 Å². The van der Waals surface area contributed by atoms with E-state index in [-0.39, 0.29) is 0 Å². The summed E-state index contributed by atoms with van der Waals surface area (Å²) in [5.74, 6) is 0. The maximum atomic E-state index is 11.0. The predicted molar refractivity (Wildman–Crippen MR) is 98.2 cm³/mol. The van der Waals surface area contributed by atoms with Crippen LogP contribution in [0.3, 0.4) is 0 Å². The molecule has 136 valence electrons. The van der Waals surface area contributed by atoms with Crippen LogP contribution in [-0.4, -0.2) is 33.9 Å². The van der Waals surface area contributed by atoms with E-state index in [0.717, 1.165) is 44.5 Å². The molecule has 2 aromatic rings. The van der Waals surface area contributed by atoms with Gasteiger partial charge in [-0.25, -0.2) is 4.98 Å². The van der Waals surface area contributed by atoms with Gasteiger partial charge in [-0.3, -0.25) is 0 Å². The number of benzene rings is 1. The van der Waals surface area contributed by atoms with Crippen molar-refractivity contribution in [1.29, 1.82) is 0 Å². The number of nitrogens with one attached hydrogen (secondary N) is 1. The minimum absolute atomic E-state index is 0.378. The van der Waals surface area contributed by atoms with Gasteiger partial charge in [0.05, 0.1) is 25.2 Å². The third-order valence-electron chi connectivity index (χ3n) is 4.94. The standard InChI is InChI=1S/C20H29N3O2/c1-2-21-18-9-6-10-20(24,13-18)19-14-23(16-22-19)11-12-25-15-17-7-4-3-5-8-17/h3-5,7-8,14,16,18,21,24H,2,6,9-13,15H2,1H3. The summed E-state index contributed by atoms with van der Waals surface area (Å²) in [5, 5.41) is 14.5. The second-order valence-corrected chi connectivity index (χ2v) is 6.92. The third kappa shape index (κ3) is 4.91. The molecule has 3 rings (SSSR count). The molecule has 0 saturated heterocycles. The lowest BCUT2D eigenvalue weighted by atomic mass is 9.80. The molecule has 0 amide bonds. The summed E-state index contributed by atoms with van der Waals surface area (Å²) in [6.07, 6.45) is 7.46. The minimum atomic E-state index is -0.804. The minimum Gasteiger partial charge on any atom is -0.383 e. The van der Waals surface area contributed by atoms with E-state index in [0.29, 0.717) is 19.3 Å². The van der Waals surface area contributed by atoms with Crippen LogP contribution >= 0.6 is 0 Å². The van der Waals surface area contributed by atoms with E-state index in [4.69, 9.17) is 4.74 Å². The zero-order chi connectivity index (χ0) is 17.5. The SMILES string of the molecule is CCNC1CCCC(O)(c2cn(CCOCc3ccccc3)cn2)C1. The molecule has 0 spiro atoms. The van der Waals surface area contributed by atoms with Crippen LogP contribution in [0.5, 0.6) is 0 Å². The molecule has 0 aliphatic heterocycles. The number of aliphatic hydroxyl groups is 1. The Bertz CT molecular complexity index is 641. The summed E-state index contributed by atoms with van der Waals surface area (Å²) in [7, 11) is 0. The van der Waals surface area contributed by atoms with Gasteiger partial charge in [-0.2, -0.15) is 0 Å². The van der Waals surface area contributed by atoms with E-state index in [9.17, 15) is 5.11 Å². The van der Waals surface area contributed by atoms with Gasteiger partial charge in [0.2, 0.25) is 0 Å². The molecule has 5 heteroatoms. The topological polar surface area (TPSA) is 59.3 Å². The van der Waals surface area contributed by atoms with Crippen molar-refractivity contribution in [2.45, 2.75) is 57.4 Å². The number of hydrogen-bond donors (Lipinski definition) is 2. The van der Waals surface area contributed by atoms with Crippen molar-refractivity contribution in [3.05, 3.63) is 54.1 Å². The first-order valence-corrected chi connectivity index (χ1v) is 9.29. The number of rotatable bonds is 8. The van der Waals surface area contributed by atoms with Crippen molar-refractivity contribution in [2.24, 2.45) is 0 Å². The highest BCUT2D eigenvalue weighted by atomic mass is 16.5. The van der Waals surface area contributed by atoms with Gasteiger partial charge in [-0.05, 0) is 37.8 Å². The van der Waals surface area contributed by atoms with Crippen molar-refractivity contribution in [3.8, 4) is 0 Å². The molecule has 1 saturated carbocycles. The molecule has 0 radical (unpaired) electrons. The van der Waals surface area contributed by atoms with E-state index in [1.807, 2.05) is 29.0 Å². The summed E-state index contributed by atoms with van der Waals surface area (Å²) < 4.78 is 7.74. The van der Waals surface area contributed by atoms with Crippen molar-refractivity contribution in [3.63, 3.8) is 0 Å². The second kappa shape index (κ2) is 8.61. The van der Waals surface area contributed by atoms with Crippen molar-refractivity contribution in [2.75, 3.05) is 13.2 Å². The monoisotopic (exact) mass is 343 g/mol. The van der Waals surface area contributed by atoms with Crippen LogP contribution in [0.4, 0.5) is 0 Å². The Hall–Kier alpha value is -1.69. The van der Waals surface area contributed by atoms with Crippen LogP contribution in [0, 0.1) is 0 Å². The normalized spacial score (nSPS) is 23.7. The molecule has 2 N–H and O–H groups in total. The van der Waals surface area contributed by atoms with E-state index >= 15 is 0 Å². The van der Waals surface area contributed by atoms with Crippen LogP contribution in [0.15, 0.2) is 42.9 Å². The van der Waals surface area contributed by atoms with E-state index < -0.39 is 5.60 Å². The Balaban J connectivity index is 1.50. The lowest BCUT2D eigenvalue weighted by Crippen LogP contribution is -2.42. The van der Waals surface area contributed by atoms with Crippen LogP contribution in [0.2, 0.25) is 0 Å². The molecular weight excluding hydrogens is 314 g/mol. The Morgan fingerprint density at radius 1 is 1.36 bits per heavy atom. The predicted octanol–water partition coefficient (Wildman–Crippen LogP) is 2.84. The largest absolute Gasteiger partial charge is 0.383 e. The van der Waals surface area contributed by atoms with Crippen LogP contribution in [0.1, 0.15) is 43.9 Å². The Morgan fingerprint density at radius 2 is 2.20 bits per heavy atom. The Kier molecular flexibility index (Phi) is 6.24. The molecule has 1 aliphatic rings. The molecule has 1 aromatic heterocycles. The average Bonchev–Trinajstić information content (AvgIpc) is 3.10. The molecule has 2 atom stereocenters. The molecule has 0 bridgehead atoms. The molecule has 1 aromatic carbocycles. The number of nitrogens with zero attached hydrogens (tertiary/aromatic N) is 2. The first-order chi connectivity index (χ1) is 12.2. The molecule has 1 fully saturated rings. The van der Waals surface area contributed by atoms with Crippen LogP contribution < -0.4 is 5.32 Å². The fourth-order valence-corrected chi connectivity index (χ4v) is 3.61. The van der Waals surface area contributed by atoms with E-state index in [2.05, 4.69) is 29.4 Å². The quantitative estimate of drug-likeness (QED) is 0.724. The summed E-state index contributed by atoms with van der Waals surface area (Å²) in [4.78, 5) is 4.47. The lowest BCUT2D eigenvalue weighted by molar-refractivity contribution is -0.0156. The van der Waals surface area contributed by atoms with Gasteiger partial charge in [-0.15, -0.1) is 0 Å². The average molecular weight is 343 g/mol. The molecule has 5 nitrogen and oxygen atoms in total. The molecule has 2 unspecified atom stereocenters. The summed E-state index contributed by atoms with van der Waals surface area (Å²) >= 11 is 0. The smallest absolute Gasteiger partial charge is 0.110 e. The third-order valence-corrected chi connectivity index (χ3v) is 4.94. The van der Waals surface area contributed by atoms with Gasteiger partial charge in [0.1, 0.15) is 5.60 Å². The fourth-order valence-electron chi connectivity index (χ4n) is 3.61. The first-order valence-electron chi connectivity index (χ1n) is 9.29. The van der Waals surface area contributed by atoms with Gasteiger partial charge < -0.3 is 19.7 Å². The molecule has 1 heterocycles. The first kappa shape index (κ1) is 18.1. The van der Waals surface area contributed by atoms with Gasteiger partial charge in [0.15, 0.2) is 0 Å². The Labute approximate surface area is 150 Å². The zero-order valence-electron chi connectivity index (χ0n) is 15.0. The van der Waals surface area contributed by atoms with Gasteiger partial charge in [0.25, 0.3) is 0 Å². The number of imidazole rings is 1. The van der Waals surface area contributed by atoms with E-state index in [1.165, 1.54) is 5.56 Å². The highest BCUT2D eigenvalue weighted by Gasteiger charge is 2.37. The van der Waals surface area contributed by atoms with Crippen molar-refractivity contribution < 1.29 is 9.84 Å². The zero-order valence-corrected chi connectivity index (χ0v) is 15.0. The molecular formula is C20H29N3O2. The molecule has 1 aliphatic carbocycles. The highest BCUT2D eigenvalue weighted by Crippen LogP contribution is 2.36. The Morgan fingerprint density at radius 3 is 3.00 bits per heavy atom. The lowest BCUT2D eigenvalue weighted by Gasteiger charge is -2.36. The van der Waals surface area contributed by atoms with Crippen LogP contribution in [0.25, 0.3) is 0 Å². The van der Waals surface area contributed by atoms with Gasteiger partial charge in [-0.1, -0.05) is 37.3 Å². The molecule has 25 heavy (non-hydrogen) atoms. The van der Waals surface area contributed by atoms with E-state index in [1.54, 1.807) is 6.33 Å². The summed E-state index contributed by atoms with van der Waals surface area (Å²) in [5.41, 5.74) is 1.17. The van der Waals surface area contributed by atoms with Crippen molar-refractivity contribution in [1.82, 2.24) is 14.9 Å². The maximum absolute atomic E-state index is 11.0. The van der Waals surface area contributed by atoms with Gasteiger partial charge >= 0.3 is 0 Å². The summed E-state index contributed by atoms with van der Waals surface area (Å²) in [6, 6.07) is 10.6. The number of aromatic nitrogens is 2. The summed E-state index contributed by atoms with van der Waals surface area (Å²) in [6.45, 7) is 5.04. The fraction of sp³-hybridized carbons (Fsp3) is 0.550. The number of hydrogen-bond acceptors (Lipinski definition) is 4.